The standard InChI is InChI=1S/C20H23N3O2S2/c21-18(24)17-15-5-1-2-6-16(15)26-20(17)22-19(25)13-7-9-14(10-8-13)27-23-11-3-4-12-23/h7-10H,1-6,11-12H2,(H2,21,24)(H,22,25). The zero-order valence-electron chi connectivity index (χ0n) is 15.1. The van der Waals surface area contributed by atoms with Crippen LogP contribution in [0, 0.1) is 0 Å². The molecule has 5 nitrogen and oxygen atoms in total. The van der Waals surface area contributed by atoms with Crippen molar-refractivity contribution in [2.45, 2.75) is 43.4 Å². The number of anilines is 1. The average Bonchev–Trinajstić information content (AvgIpc) is 3.29. The van der Waals surface area contributed by atoms with Gasteiger partial charge in [-0.25, -0.2) is 4.31 Å². The molecule has 7 heteroatoms. The van der Waals surface area contributed by atoms with E-state index in [4.69, 9.17) is 5.73 Å². The minimum Gasteiger partial charge on any atom is -0.365 e. The van der Waals surface area contributed by atoms with Crippen LogP contribution in [0.15, 0.2) is 29.2 Å². The van der Waals surface area contributed by atoms with E-state index in [1.54, 1.807) is 11.9 Å². The van der Waals surface area contributed by atoms with Crippen LogP contribution in [0.1, 0.15) is 56.8 Å². The summed E-state index contributed by atoms with van der Waals surface area (Å²) < 4.78 is 2.35. The maximum atomic E-state index is 12.7. The largest absolute Gasteiger partial charge is 0.365 e. The Balaban J connectivity index is 1.49. The van der Waals surface area contributed by atoms with Gasteiger partial charge in [0.05, 0.1) is 5.56 Å². The summed E-state index contributed by atoms with van der Waals surface area (Å²) in [6.45, 7) is 2.23. The zero-order valence-corrected chi connectivity index (χ0v) is 16.8. The molecule has 0 atom stereocenters. The number of amides is 2. The monoisotopic (exact) mass is 401 g/mol. The number of hydrogen-bond donors (Lipinski definition) is 2. The van der Waals surface area contributed by atoms with E-state index >= 15 is 0 Å². The molecule has 2 amide bonds. The fourth-order valence-corrected chi connectivity index (χ4v) is 5.97. The van der Waals surface area contributed by atoms with E-state index in [-0.39, 0.29) is 5.91 Å². The molecule has 3 N–H and O–H groups in total. The fraction of sp³-hybridized carbons (Fsp3) is 0.400. The molecular weight excluding hydrogens is 378 g/mol. The molecule has 2 aliphatic rings. The zero-order chi connectivity index (χ0) is 18.8. The smallest absolute Gasteiger partial charge is 0.256 e. The molecule has 27 heavy (non-hydrogen) atoms. The molecule has 1 aliphatic heterocycles. The van der Waals surface area contributed by atoms with Gasteiger partial charge < -0.3 is 11.1 Å². The van der Waals surface area contributed by atoms with Gasteiger partial charge in [-0.15, -0.1) is 11.3 Å². The van der Waals surface area contributed by atoms with E-state index in [1.165, 1.54) is 29.1 Å². The summed E-state index contributed by atoms with van der Waals surface area (Å²) >= 11 is 3.24. The van der Waals surface area contributed by atoms with Crippen LogP contribution >= 0.6 is 23.3 Å². The van der Waals surface area contributed by atoms with Gasteiger partial charge in [0.2, 0.25) is 0 Å². The van der Waals surface area contributed by atoms with E-state index in [9.17, 15) is 9.59 Å². The number of fused-ring (bicyclic) bond motifs is 1. The Morgan fingerprint density at radius 2 is 1.74 bits per heavy atom. The number of aryl methyl sites for hydroxylation is 1. The van der Waals surface area contributed by atoms with Gasteiger partial charge in [-0.1, -0.05) is 0 Å². The molecule has 0 saturated carbocycles. The van der Waals surface area contributed by atoms with Crippen molar-refractivity contribution in [1.82, 2.24) is 4.31 Å². The number of benzene rings is 1. The molecule has 0 radical (unpaired) electrons. The molecule has 1 saturated heterocycles. The first-order chi connectivity index (χ1) is 13.1. The number of hydrogen-bond acceptors (Lipinski definition) is 5. The summed E-state index contributed by atoms with van der Waals surface area (Å²) in [5.41, 5.74) is 7.73. The second-order valence-electron chi connectivity index (χ2n) is 6.99. The number of carbonyl (C=O) groups excluding carboxylic acids is 2. The van der Waals surface area contributed by atoms with Crippen LogP contribution in [0.5, 0.6) is 0 Å². The first-order valence-electron chi connectivity index (χ1n) is 9.40. The summed E-state index contributed by atoms with van der Waals surface area (Å²) in [6, 6.07) is 7.63. The number of nitrogens with zero attached hydrogens (tertiary/aromatic N) is 1. The van der Waals surface area contributed by atoms with Gasteiger partial charge in [-0.2, -0.15) is 0 Å². The lowest BCUT2D eigenvalue weighted by Crippen LogP contribution is -2.18. The molecule has 2 heterocycles. The first-order valence-corrected chi connectivity index (χ1v) is 11.0. The van der Waals surface area contributed by atoms with Gasteiger partial charge in [-0.05, 0) is 80.3 Å². The van der Waals surface area contributed by atoms with Crippen LogP contribution in [0.25, 0.3) is 0 Å². The summed E-state index contributed by atoms with van der Waals surface area (Å²) in [6.07, 6.45) is 6.50. The normalized spacial score (nSPS) is 16.9. The molecule has 1 aliphatic carbocycles. The van der Waals surface area contributed by atoms with E-state index in [1.807, 2.05) is 24.3 Å². The molecule has 0 unspecified atom stereocenters. The van der Waals surface area contributed by atoms with Crippen molar-refractivity contribution < 1.29 is 9.59 Å². The second kappa shape index (κ2) is 8.04. The van der Waals surface area contributed by atoms with Crippen LogP contribution in [0.3, 0.4) is 0 Å². The van der Waals surface area contributed by atoms with E-state index in [0.29, 0.717) is 16.1 Å². The van der Waals surface area contributed by atoms with Crippen molar-refractivity contribution in [3.63, 3.8) is 0 Å². The van der Waals surface area contributed by atoms with Crippen LogP contribution in [0.2, 0.25) is 0 Å². The van der Waals surface area contributed by atoms with E-state index < -0.39 is 5.91 Å². The Hall–Kier alpha value is -1.83. The van der Waals surface area contributed by atoms with Crippen LogP contribution in [-0.2, 0) is 12.8 Å². The van der Waals surface area contributed by atoms with Gasteiger partial charge in [0.25, 0.3) is 11.8 Å². The predicted octanol–water partition coefficient (Wildman–Crippen LogP) is 4.08. The van der Waals surface area contributed by atoms with Crippen molar-refractivity contribution in [2.75, 3.05) is 18.4 Å². The van der Waals surface area contributed by atoms with Gasteiger partial charge in [0, 0.05) is 28.4 Å². The molecule has 1 fully saturated rings. The Morgan fingerprint density at radius 3 is 2.44 bits per heavy atom. The van der Waals surface area contributed by atoms with Crippen LogP contribution in [-0.4, -0.2) is 29.2 Å². The van der Waals surface area contributed by atoms with Gasteiger partial charge in [-0.3, -0.25) is 9.59 Å². The van der Waals surface area contributed by atoms with Gasteiger partial charge in [0.1, 0.15) is 5.00 Å². The third kappa shape index (κ3) is 4.05. The van der Waals surface area contributed by atoms with E-state index in [0.717, 1.165) is 49.2 Å². The van der Waals surface area contributed by atoms with Crippen LogP contribution in [0.4, 0.5) is 5.00 Å². The number of nitrogens with one attached hydrogen (secondary N) is 1. The Bertz CT molecular complexity index is 855. The number of thiophene rings is 1. The third-order valence-electron chi connectivity index (χ3n) is 5.06. The molecule has 2 aromatic rings. The number of primary amides is 1. The fourth-order valence-electron chi connectivity index (χ4n) is 3.69. The van der Waals surface area contributed by atoms with Gasteiger partial charge in [0.15, 0.2) is 0 Å². The third-order valence-corrected chi connectivity index (χ3v) is 7.37. The lowest BCUT2D eigenvalue weighted by Gasteiger charge is -2.13. The second-order valence-corrected chi connectivity index (χ2v) is 9.26. The maximum Gasteiger partial charge on any atom is 0.256 e. The Morgan fingerprint density at radius 1 is 1.04 bits per heavy atom. The summed E-state index contributed by atoms with van der Waals surface area (Å²) in [4.78, 5) is 27.0. The lowest BCUT2D eigenvalue weighted by molar-refractivity contribution is 0.100. The van der Waals surface area contributed by atoms with Gasteiger partial charge >= 0.3 is 0 Å². The van der Waals surface area contributed by atoms with Crippen molar-refractivity contribution in [1.29, 1.82) is 0 Å². The molecule has 0 bridgehead atoms. The number of nitrogens with two attached hydrogens (primary N) is 1. The quantitative estimate of drug-likeness (QED) is 0.740. The lowest BCUT2D eigenvalue weighted by atomic mass is 9.95. The maximum absolute atomic E-state index is 12.7. The number of carbonyl (C=O) groups is 2. The molecular formula is C20H23N3O2S2. The average molecular weight is 402 g/mol. The van der Waals surface area contributed by atoms with Crippen molar-refractivity contribution in [2.24, 2.45) is 5.73 Å². The SMILES string of the molecule is NC(=O)c1c(NC(=O)c2ccc(SN3CCCC3)cc2)sc2c1CCCC2. The summed E-state index contributed by atoms with van der Waals surface area (Å²) in [5.74, 6) is -0.657. The van der Waals surface area contributed by atoms with E-state index in [2.05, 4.69) is 9.62 Å². The Kier molecular flexibility index (Phi) is 5.52. The molecule has 1 aromatic carbocycles. The summed E-state index contributed by atoms with van der Waals surface area (Å²) in [7, 11) is 0. The van der Waals surface area contributed by atoms with Crippen molar-refractivity contribution in [3.8, 4) is 0 Å². The number of rotatable bonds is 5. The molecule has 4 rings (SSSR count). The minimum absolute atomic E-state index is 0.200. The predicted molar refractivity (Wildman–Crippen MR) is 111 cm³/mol. The van der Waals surface area contributed by atoms with Crippen molar-refractivity contribution >= 4 is 40.1 Å². The van der Waals surface area contributed by atoms with Crippen molar-refractivity contribution in [3.05, 3.63) is 45.8 Å². The summed E-state index contributed by atoms with van der Waals surface area (Å²) in [5, 5.41) is 3.51. The highest BCUT2D eigenvalue weighted by Crippen LogP contribution is 2.38. The topological polar surface area (TPSA) is 75.4 Å². The van der Waals surface area contributed by atoms with Crippen LogP contribution < -0.4 is 11.1 Å². The molecule has 1 aromatic heterocycles. The highest BCUT2D eigenvalue weighted by molar-refractivity contribution is 7.97. The Labute approximate surface area is 167 Å². The molecule has 0 spiro atoms. The first kappa shape index (κ1) is 18.5. The highest BCUT2D eigenvalue weighted by atomic mass is 32.2. The molecule has 142 valence electrons. The highest BCUT2D eigenvalue weighted by Gasteiger charge is 2.25. The minimum atomic E-state index is -0.456.